The number of nitrogens with two attached hydrogens (primary N) is 1. The van der Waals surface area contributed by atoms with Gasteiger partial charge in [0.25, 0.3) is 5.91 Å². The molecule has 0 bridgehead atoms. The van der Waals surface area contributed by atoms with E-state index in [0.717, 1.165) is 18.5 Å². The molecule has 0 radical (unpaired) electrons. The van der Waals surface area contributed by atoms with E-state index in [2.05, 4.69) is 5.16 Å². The molecule has 1 aliphatic heterocycles. The maximum atomic E-state index is 12.5. The third-order valence-electron chi connectivity index (χ3n) is 3.91. The van der Waals surface area contributed by atoms with Crippen molar-refractivity contribution in [3.8, 4) is 0 Å². The fourth-order valence-electron chi connectivity index (χ4n) is 2.69. The molecular formula is C15H15Cl2N3O2. The molecule has 116 valence electrons. The second kappa shape index (κ2) is 6.18. The van der Waals surface area contributed by atoms with Crippen LogP contribution in [0.25, 0.3) is 0 Å². The Balaban J connectivity index is 1.65. The topological polar surface area (TPSA) is 72.4 Å². The molecule has 7 heteroatoms. The standard InChI is InChI=1S/C15H15Cl2N3O2/c16-11-2-1-10(7-12(11)17)15(21)20-5-3-9(4-6-20)13-8-14(18)22-19-13/h1-2,7-9H,3-6,18H2. The summed E-state index contributed by atoms with van der Waals surface area (Å²) in [6.45, 7) is 1.33. The van der Waals surface area contributed by atoms with Gasteiger partial charge in [-0.05, 0) is 31.0 Å². The van der Waals surface area contributed by atoms with Crippen molar-refractivity contribution in [2.75, 3.05) is 18.8 Å². The summed E-state index contributed by atoms with van der Waals surface area (Å²) in [5.74, 6) is 0.569. The fourth-order valence-corrected chi connectivity index (χ4v) is 2.98. The van der Waals surface area contributed by atoms with E-state index >= 15 is 0 Å². The van der Waals surface area contributed by atoms with Crippen molar-refractivity contribution in [3.63, 3.8) is 0 Å². The number of likely N-dealkylation sites (tertiary alicyclic amines) is 1. The highest BCUT2D eigenvalue weighted by molar-refractivity contribution is 6.42. The van der Waals surface area contributed by atoms with Crippen molar-refractivity contribution in [2.24, 2.45) is 0 Å². The van der Waals surface area contributed by atoms with Crippen LogP contribution in [0.2, 0.25) is 10.0 Å². The van der Waals surface area contributed by atoms with E-state index in [1.165, 1.54) is 0 Å². The lowest BCUT2D eigenvalue weighted by molar-refractivity contribution is 0.0711. The zero-order chi connectivity index (χ0) is 15.7. The van der Waals surface area contributed by atoms with Crippen molar-refractivity contribution in [3.05, 3.63) is 45.6 Å². The van der Waals surface area contributed by atoms with Crippen LogP contribution in [0.5, 0.6) is 0 Å². The number of aromatic nitrogens is 1. The van der Waals surface area contributed by atoms with Crippen LogP contribution in [0.3, 0.4) is 0 Å². The monoisotopic (exact) mass is 339 g/mol. The van der Waals surface area contributed by atoms with E-state index in [-0.39, 0.29) is 11.8 Å². The molecule has 1 fully saturated rings. The lowest BCUT2D eigenvalue weighted by Gasteiger charge is -2.31. The molecule has 1 aliphatic rings. The minimum Gasteiger partial charge on any atom is -0.368 e. The normalized spacial score (nSPS) is 16.0. The molecule has 0 spiro atoms. The van der Waals surface area contributed by atoms with E-state index in [0.29, 0.717) is 34.6 Å². The summed E-state index contributed by atoms with van der Waals surface area (Å²) in [6.07, 6.45) is 1.66. The molecule has 2 N–H and O–H groups in total. The summed E-state index contributed by atoms with van der Waals surface area (Å²) in [4.78, 5) is 14.3. The van der Waals surface area contributed by atoms with E-state index < -0.39 is 0 Å². The van der Waals surface area contributed by atoms with E-state index in [4.69, 9.17) is 33.5 Å². The molecule has 22 heavy (non-hydrogen) atoms. The Bertz CT molecular complexity index is 694. The minimum atomic E-state index is -0.0308. The Morgan fingerprint density at radius 2 is 1.95 bits per heavy atom. The number of rotatable bonds is 2. The van der Waals surface area contributed by atoms with Crippen molar-refractivity contribution in [1.29, 1.82) is 0 Å². The molecule has 5 nitrogen and oxygen atoms in total. The van der Waals surface area contributed by atoms with Crippen LogP contribution in [0.15, 0.2) is 28.8 Å². The number of halogens is 2. The number of nitrogen functional groups attached to an aromatic ring is 1. The Morgan fingerprint density at radius 3 is 2.55 bits per heavy atom. The first-order valence-corrected chi connectivity index (χ1v) is 7.76. The summed E-state index contributed by atoms with van der Waals surface area (Å²) in [5.41, 5.74) is 6.96. The fraction of sp³-hybridized carbons (Fsp3) is 0.333. The number of nitrogens with zero attached hydrogens (tertiary/aromatic N) is 2. The number of piperidine rings is 1. The van der Waals surface area contributed by atoms with E-state index in [9.17, 15) is 4.79 Å². The van der Waals surface area contributed by atoms with Crippen LogP contribution in [-0.4, -0.2) is 29.1 Å². The van der Waals surface area contributed by atoms with Gasteiger partial charge in [-0.25, -0.2) is 0 Å². The summed E-state index contributed by atoms with van der Waals surface area (Å²) in [7, 11) is 0. The molecule has 1 amide bonds. The summed E-state index contributed by atoms with van der Waals surface area (Å²) in [5, 5.41) is 4.79. The predicted molar refractivity (Wildman–Crippen MR) is 85.3 cm³/mol. The molecule has 2 heterocycles. The third kappa shape index (κ3) is 3.05. The average molecular weight is 340 g/mol. The molecular weight excluding hydrogens is 325 g/mol. The summed E-state index contributed by atoms with van der Waals surface area (Å²) >= 11 is 11.8. The highest BCUT2D eigenvalue weighted by Crippen LogP contribution is 2.29. The molecule has 0 saturated carbocycles. The second-order valence-electron chi connectivity index (χ2n) is 5.35. The summed E-state index contributed by atoms with van der Waals surface area (Å²) in [6, 6.07) is 6.70. The largest absolute Gasteiger partial charge is 0.368 e. The zero-order valence-electron chi connectivity index (χ0n) is 11.8. The van der Waals surface area contributed by atoms with Crippen molar-refractivity contribution < 1.29 is 9.32 Å². The van der Waals surface area contributed by atoms with Gasteiger partial charge in [0.15, 0.2) is 0 Å². The number of hydrogen-bond donors (Lipinski definition) is 1. The van der Waals surface area contributed by atoms with Gasteiger partial charge in [0.1, 0.15) is 0 Å². The third-order valence-corrected chi connectivity index (χ3v) is 4.65. The van der Waals surface area contributed by atoms with Crippen LogP contribution in [0.4, 0.5) is 5.88 Å². The Kier molecular flexibility index (Phi) is 4.27. The first kappa shape index (κ1) is 15.2. The Morgan fingerprint density at radius 1 is 1.23 bits per heavy atom. The van der Waals surface area contributed by atoms with Crippen molar-refractivity contribution >= 4 is 35.0 Å². The summed E-state index contributed by atoms with van der Waals surface area (Å²) < 4.78 is 4.91. The Hall–Kier alpha value is -1.72. The number of hydrogen-bond acceptors (Lipinski definition) is 4. The molecule has 1 saturated heterocycles. The number of amides is 1. The van der Waals surface area contributed by atoms with Gasteiger partial charge in [-0.3, -0.25) is 4.79 Å². The first-order chi connectivity index (χ1) is 10.5. The first-order valence-electron chi connectivity index (χ1n) is 7.01. The number of anilines is 1. The molecule has 2 aromatic rings. The maximum Gasteiger partial charge on any atom is 0.253 e. The minimum absolute atomic E-state index is 0.0308. The van der Waals surface area contributed by atoms with Gasteiger partial charge in [0, 0.05) is 30.6 Å². The lowest BCUT2D eigenvalue weighted by atomic mass is 9.93. The number of carbonyl (C=O) groups is 1. The quantitative estimate of drug-likeness (QED) is 0.907. The van der Waals surface area contributed by atoms with Crippen molar-refractivity contribution in [2.45, 2.75) is 18.8 Å². The molecule has 3 rings (SSSR count). The zero-order valence-corrected chi connectivity index (χ0v) is 13.3. The van der Waals surface area contributed by atoms with Crippen LogP contribution in [0, 0.1) is 0 Å². The van der Waals surface area contributed by atoms with E-state index in [1.54, 1.807) is 24.3 Å². The molecule has 1 aromatic carbocycles. The van der Waals surface area contributed by atoms with Crippen LogP contribution in [0.1, 0.15) is 34.8 Å². The molecule has 0 unspecified atom stereocenters. The highest BCUT2D eigenvalue weighted by Gasteiger charge is 2.26. The van der Waals surface area contributed by atoms with Gasteiger partial charge in [-0.15, -0.1) is 0 Å². The van der Waals surface area contributed by atoms with Gasteiger partial charge in [-0.1, -0.05) is 28.4 Å². The Labute approximate surface area is 138 Å². The van der Waals surface area contributed by atoms with Crippen LogP contribution in [-0.2, 0) is 0 Å². The van der Waals surface area contributed by atoms with Gasteiger partial charge in [0.2, 0.25) is 5.88 Å². The number of carbonyl (C=O) groups excluding carboxylic acids is 1. The smallest absolute Gasteiger partial charge is 0.253 e. The van der Waals surface area contributed by atoms with Gasteiger partial charge < -0.3 is 15.2 Å². The lowest BCUT2D eigenvalue weighted by Crippen LogP contribution is -2.38. The maximum absolute atomic E-state index is 12.5. The van der Waals surface area contributed by atoms with Crippen LogP contribution >= 0.6 is 23.2 Å². The second-order valence-corrected chi connectivity index (χ2v) is 6.16. The highest BCUT2D eigenvalue weighted by atomic mass is 35.5. The van der Waals surface area contributed by atoms with Gasteiger partial charge in [-0.2, -0.15) is 0 Å². The predicted octanol–water partition coefficient (Wildman–Crippen LogP) is 3.58. The van der Waals surface area contributed by atoms with Crippen LogP contribution < -0.4 is 5.73 Å². The van der Waals surface area contributed by atoms with Crippen molar-refractivity contribution in [1.82, 2.24) is 10.1 Å². The van der Waals surface area contributed by atoms with Gasteiger partial charge in [0.05, 0.1) is 15.7 Å². The molecule has 0 atom stereocenters. The molecule has 0 aliphatic carbocycles. The molecule has 1 aromatic heterocycles. The van der Waals surface area contributed by atoms with Gasteiger partial charge >= 0.3 is 0 Å². The van der Waals surface area contributed by atoms with E-state index in [1.807, 2.05) is 4.90 Å². The SMILES string of the molecule is Nc1cc(C2CCN(C(=O)c3ccc(Cl)c(Cl)c3)CC2)no1. The average Bonchev–Trinajstić information content (AvgIpc) is 2.96. The number of benzene rings is 1.